The fourth-order valence-corrected chi connectivity index (χ4v) is 1.57. The maximum atomic E-state index is 13.5. The van der Waals surface area contributed by atoms with Gasteiger partial charge in [-0.05, 0) is 17.7 Å². The average molecular weight is 266 g/mol. The van der Waals surface area contributed by atoms with Gasteiger partial charge in [0.05, 0.1) is 13.7 Å². The predicted molar refractivity (Wildman–Crippen MR) is 68.0 cm³/mol. The number of methoxy groups -OCH3 is 1. The molecule has 7 heteroatoms. The van der Waals surface area contributed by atoms with Gasteiger partial charge in [-0.3, -0.25) is 0 Å². The van der Waals surface area contributed by atoms with E-state index in [1.165, 1.54) is 24.2 Å². The van der Waals surface area contributed by atoms with Crippen molar-refractivity contribution in [1.82, 2.24) is 14.8 Å². The molecule has 0 aliphatic carbocycles. The van der Waals surface area contributed by atoms with Crippen LogP contribution in [0, 0.1) is 5.82 Å². The Bertz CT molecular complexity index is 584. The Morgan fingerprint density at radius 1 is 1.56 bits per heavy atom. The highest BCUT2D eigenvalue weighted by Crippen LogP contribution is 2.18. The van der Waals surface area contributed by atoms with Gasteiger partial charge in [-0.1, -0.05) is 18.3 Å². The zero-order valence-corrected chi connectivity index (χ0v) is 10.4. The van der Waals surface area contributed by atoms with Crippen LogP contribution >= 0.6 is 12.2 Å². The number of benzene rings is 1. The molecule has 0 atom stereocenters. The van der Waals surface area contributed by atoms with Crippen LogP contribution in [-0.2, 0) is 6.54 Å². The number of halogens is 1. The molecule has 0 spiro atoms. The molecule has 0 saturated heterocycles. The molecule has 94 valence electrons. The maximum Gasteiger partial charge on any atom is 0.208 e. The van der Waals surface area contributed by atoms with E-state index < -0.39 is 5.82 Å². The zero-order chi connectivity index (χ0) is 13.1. The van der Waals surface area contributed by atoms with E-state index in [9.17, 15) is 4.39 Å². The number of thiocarbonyl (C=S) groups is 1. The lowest BCUT2D eigenvalue weighted by atomic mass is 10.2. The van der Waals surface area contributed by atoms with Crippen molar-refractivity contribution in [2.24, 2.45) is 5.73 Å². The molecular weight excluding hydrogens is 255 g/mol. The molecule has 2 rings (SSSR count). The van der Waals surface area contributed by atoms with Gasteiger partial charge in [-0.15, -0.1) is 5.10 Å². The van der Waals surface area contributed by atoms with Crippen LogP contribution in [0.3, 0.4) is 0 Å². The van der Waals surface area contributed by atoms with Crippen LogP contribution in [0.1, 0.15) is 11.4 Å². The van der Waals surface area contributed by atoms with Crippen LogP contribution in [0.5, 0.6) is 5.75 Å². The Morgan fingerprint density at radius 2 is 2.33 bits per heavy atom. The number of rotatable bonds is 4. The van der Waals surface area contributed by atoms with E-state index in [2.05, 4.69) is 10.1 Å². The number of ether oxygens (including phenoxy) is 1. The van der Waals surface area contributed by atoms with Crippen LogP contribution < -0.4 is 10.5 Å². The van der Waals surface area contributed by atoms with E-state index in [-0.39, 0.29) is 10.7 Å². The lowest BCUT2D eigenvalue weighted by Gasteiger charge is -2.05. The minimum absolute atomic E-state index is 0.134. The monoisotopic (exact) mass is 266 g/mol. The molecule has 0 bridgehead atoms. The first-order valence-corrected chi connectivity index (χ1v) is 5.52. The van der Waals surface area contributed by atoms with Gasteiger partial charge >= 0.3 is 0 Å². The Balaban J connectivity index is 2.18. The van der Waals surface area contributed by atoms with E-state index in [0.29, 0.717) is 12.4 Å². The minimum Gasteiger partial charge on any atom is -0.494 e. The SMILES string of the molecule is COc1ccc(Cn2cnc(C(N)=S)n2)cc1F. The van der Waals surface area contributed by atoms with Crippen molar-refractivity contribution in [3.05, 3.63) is 41.7 Å². The number of nitrogens with two attached hydrogens (primary N) is 1. The summed E-state index contributed by atoms with van der Waals surface area (Å²) < 4.78 is 19.9. The molecule has 0 fully saturated rings. The average Bonchev–Trinajstić information content (AvgIpc) is 2.78. The fourth-order valence-electron chi connectivity index (χ4n) is 1.48. The van der Waals surface area contributed by atoms with Crippen LogP contribution in [-0.4, -0.2) is 26.9 Å². The summed E-state index contributed by atoms with van der Waals surface area (Å²) in [4.78, 5) is 4.07. The molecule has 0 amide bonds. The van der Waals surface area contributed by atoms with E-state index in [0.717, 1.165) is 5.56 Å². The Morgan fingerprint density at radius 3 is 2.89 bits per heavy atom. The second-order valence-electron chi connectivity index (χ2n) is 3.60. The van der Waals surface area contributed by atoms with E-state index in [1.807, 2.05) is 0 Å². The van der Waals surface area contributed by atoms with Crippen LogP contribution in [0.15, 0.2) is 24.5 Å². The molecular formula is C11H11FN4OS. The van der Waals surface area contributed by atoms with Crippen molar-refractivity contribution in [2.75, 3.05) is 7.11 Å². The summed E-state index contributed by atoms with van der Waals surface area (Å²) in [7, 11) is 1.42. The summed E-state index contributed by atoms with van der Waals surface area (Å²) in [5, 5.41) is 4.06. The van der Waals surface area contributed by atoms with E-state index in [1.54, 1.807) is 12.1 Å². The molecule has 0 saturated carbocycles. The summed E-state index contributed by atoms with van der Waals surface area (Å²) in [6.45, 7) is 0.385. The van der Waals surface area contributed by atoms with Crippen LogP contribution in [0.4, 0.5) is 4.39 Å². The molecule has 0 aliphatic heterocycles. The number of nitrogens with zero attached hydrogens (tertiary/aromatic N) is 3. The zero-order valence-electron chi connectivity index (χ0n) is 9.63. The first kappa shape index (κ1) is 12.4. The molecule has 0 unspecified atom stereocenters. The highest BCUT2D eigenvalue weighted by atomic mass is 32.1. The fraction of sp³-hybridized carbons (Fsp3) is 0.182. The summed E-state index contributed by atoms with van der Waals surface area (Å²) in [5.41, 5.74) is 6.14. The van der Waals surface area contributed by atoms with Crippen molar-refractivity contribution in [2.45, 2.75) is 6.54 Å². The highest BCUT2D eigenvalue weighted by molar-refractivity contribution is 7.80. The highest BCUT2D eigenvalue weighted by Gasteiger charge is 2.06. The van der Waals surface area contributed by atoms with Gasteiger partial charge < -0.3 is 10.5 Å². The van der Waals surface area contributed by atoms with Crippen molar-refractivity contribution in [3.8, 4) is 5.75 Å². The summed E-state index contributed by atoms with van der Waals surface area (Å²) >= 11 is 4.76. The molecule has 5 nitrogen and oxygen atoms in total. The van der Waals surface area contributed by atoms with Gasteiger partial charge in [0.25, 0.3) is 0 Å². The molecule has 1 aromatic heterocycles. The minimum atomic E-state index is -0.412. The first-order valence-electron chi connectivity index (χ1n) is 5.12. The maximum absolute atomic E-state index is 13.5. The van der Waals surface area contributed by atoms with Gasteiger partial charge in [-0.2, -0.15) is 0 Å². The van der Waals surface area contributed by atoms with Gasteiger partial charge in [0.1, 0.15) is 11.3 Å². The number of hydrogen-bond acceptors (Lipinski definition) is 4. The second-order valence-corrected chi connectivity index (χ2v) is 4.04. The summed E-state index contributed by atoms with van der Waals surface area (Å²) in [5.74, 6) is 0.102. The third kappa shape index (κ3) is 2.62. The molecule has 0 aliphatic rings. The Labute approximate surface area is 108 Å². The van der Waals surface area contributed by atoms with Crippen LogP contribution in [0.2, 0.25) is 0 Å². The quantitative estimate of drug-likeness (QED) is 0.840. The first-order chi connectivity index (χ1) is 8.60. The Hall–Kier alpha value is -2.02. The van der Waals surface area contributed by atoms with Crippen LogP contribution in [0.25, 0.3) is 0 Å². The molecule has 2 N–H and O–H groups in total. The number of aromatic nitrogens is 3. The standard InChI is InChI=1S/C11H11FN4OS/c1-17-9-3-2-7(4-8(9)12)5-16-6-14-11(15-16)10(13)18/h2-4,6H,5H2,1H3,(H2,13,18). The van der Waals surface area contributed by atoms with Crippen molar-refractivity contribution < 1.29 is 9.13 Å². The lowest BCUT2D eigenvalue weighted by molar-refractivity contribution is 0.386. The smallest absolute Gasteiger partial charge is 0.208 e. The largest absolute Gasteiger partial charge is 0.494 e. The summed E-state index contributed by atoms with van der Waals surface area (Å²) in [6.07, 6.45) is 1.50. The van der Waals surface area contributed by atoms with Gasteiger partial charge in [-0.25, -0.2) is 14.1 Å². The predicted octanol–water partition coefficient (Wildman–Crippen LogP) is 1.11. The van der Waals surface area contributed by atoms with Gasteiger partial charge in [0.15, 0.2) is 11.6 Å². The lowest BCUT2D eigenvalue weighted by Crippen LogP contribution is -2.12. The van der Waals surface area contributed by atoms with Crippen molar-refractivity contribution in [3.63, 3.8) is 0 Å². The third-order valence-corrected chi connectivity index (χ3v) is 2.50. The van der Waals surface area contributed by atoms with Gasteiger partial charge in [0, 0.05) is 0 Å². The third-order valence-electron chi connectivity index (χ3n) is 2.32. The van der Waals surface area contributed by atoms with E-state index >= 15 is 0 Å². The molecule has 1 heterocycles. The number of hydrogen-bond donors (Lipinski definition) is 1. The molecule has 18 heavy (non-hydrogen) atoms. The normalized spacial score (nSPS) is 10.3. The second kappa shape index (κ2) is 5.09. The van der Waals surface area contributed by atoms with Crippen molar-refractivity contribution >= 4 is 17.2 Å². The molecule has 0 radical (unpaired) electrons. The molecule has 2 aromatic rings. The van der Waals surface area contributed by atoms with Crippen molar-refractivity contribution in [1.29, 1.82) is 0 Å². The molecule has 1 aromatic carbocycles. The topological polar surface area (TPSA) is 66.0 Å². The van der Waals surface area contributed by atoms with Gasteiger partial charge in [0.2, 0.25) is 5.82 Å². The summed E-state index contributed by atoms with van der Waals surface area (Å²) in [6, 6.07) is 4.71. The van der Waals surface area contributed by atoms with E-state index in [4.69, 9.17) is 22.7 Å². The Kier molecular flexibility index (Phi) is 3.52.